The molecule has 1 aromatic carbocycles. The highest BCUT2D eigenvalue weighted by Crippen LogP contribution is 2.29. The molecule has 0 saturated carbocycles. The Bertz CT molecular complexity index is 1120. The summed E-state index contributed by atoms with van der Waals surface area (Å²) in [6.45, 7) is 4.99. The molecule has 0 radical (unpaired) electrons. The minimum absolute atomic E-state index is 0.263. The van der Waals surface area contributed by atoms with Crippen LogP contribution in [-0.4, -0.2) is 41.6 Å². The zero-order valence-corrected chi connectivity index (χ0v) is 19.8. The van der Waals surface area contributed by atoms with Crippen LogP contribution >= 0.6 is 0 Å². The van der Waals surface area contributed by atoms with Gasteiger partial charge in [0.15, 0.2) is 6.61 Å². The number of carbonyl (C=O) groups excluding carboxylic acids is 2. The maximum Gasteiger partial charge on any atom is 0.339 e. The summed E-state index contributed by atoms with van der Waals surface area (Å²) in [5, 5.41) is 15.3. The third-order valence-corrected chi connectivity index (χ3v) is 6.02. The molecule has 1 aromatic heterocycles. The molecule has 2 amide bonds. The Hall–Kier alpha value is -3.36. The smallest absolute Gasteiger partial charge is 0.339 e. The van der Waals surface area contributed by atoms with Gasteiger partial charge in [-0.05, 0) is 55.7 Å². The van der Waals surface area contributed by atoms with Gasteiger partial charge in [0.05, 0.1) is 0 Å². The van der Waals surface area contributed by atoms with Crippen LogP contribution in [0.25, 0.3) is 11.0 Å². The second-order valence-electron chi connectivity index (χ2n) is 8.98. The Morgan fingerprint density at radius 1 is 1.12 bits per heavy atom. The van der Waals surface area contributed by atoms with Gasteiger partial charge in [0, 0.05) is 17.0 Å². The lowest BCUT2D eigenvalue weighted by molar-refractivity contribution is -0.142. The monoisotopic (exact) mass is 472 g/mol. The van der Waals surface area contributed by atoms with Crippen LogP contribution in [0, 0.1) is 5.92 Å². The number of aryl methyl sites for hydroxylation is 1. The lowest BCUT2D eigenvalue weighted by Crippen LogP contribution is -2.54. The van der Waals surface area contributed by atoms with E-state index in [1.165, 1.54) is 0 Å². The lowest BCUT2D eigenvalue weighted by Gasteiger charge is -2.24. The Labute approximate surface area is 197 Å². The number of fused-ring (bicyclic) bond motifs is 3. The highest BCUT2D eigenvalue weighted by molar-refractivity contribution is 5.91. The first kappa shape index (κ1) is 25.3. The number of carboxylic acid groups (broad SMARTS) is 1. The minimum Gasteiger partial charge on any atom is -0.484 e. The number of carbonyl (C=O) groups is 3. The molecule has 9 nitrogen and oxygen atoms in total. The summed E-state index contributed by atoms with van der Waals surface area (Å²) in [5.74, 6) is -2.09. The minimum atomic E-state index is -1.11. The van der Waals surface area contributed by atoms with E-state index in [2.05, 4.69) is 10.6 Å². The van der Waals surface area contributed by atoms with Crippen molar-refractivity contribution in [3.63, 3.8) is 0 Å². The van der Waals surface area contributed by atoms with Crippen LogP contribution in [0.4, 0.5) is 0 Å². The van der Waals surface area contributed by atoms with E-state index in [9.17, 15) is 24.3 Å². The molecule has 0 spiro atoms. The van der Waals surface area contributed by atoms with Gasteiger partial charge in [-0.3, -0.25) is 9.59 Å². The number of benzene rings is 1. The van der Waals surface area contributed by atoms with Gasteiger partial charge in [-0.15, -0.1) is 0 Å². The lowest BCUT2D eigenvalue weighted by atomic mass is 9.91. The Morgan fingerprint density at radius 3 is 2.47 bits per heavy atom. The number of carboxylic acids is 1. The summed E-state index contributed by atoms with van der Waals surface area (Å²) in [6, 6.07) is 3.23. The number of ether oxygens (including phenoxy) is 1. The number of aliphatic carboxylic acids is 1. The zero-order valence-electron chi connectivity index (χ0n) is 19.8. The van der Waals surface area contributed by atoms with E-state index in [0.29, 0.717) is 24.2 Å². The predicted molar refractivity (Wildman–Crippen MR) is 126 cm³/mol. The molecule has 184 valence electrons. The van der Waals surface area contributed by atoms with Crippen molar-refractivity contribution >= 4 is 28.8 Å². The molecule has 1 heterocycles. The van der Waals surface area contributed by atoms with Gasteiger partial charge in [0.25, 0.3) is 5.91 Å². The van der Waals surface area contributed by atoms with Crippen molar-refractivity contribution in [3.8, 4) is 5.75 Å². The maximum atomic E-state index is 12.6. The van der Waals surface area contributed by atoms with Crippen LogP contribution < -0.4 is 21.0 Å². The molecule has 34 heavy (non-hydrogen) atoms. The van der Waals surface area contributed by atoms with Gasteiger partial charge < -0.3 is 24.9 Å². The van der Waals surface area contributed by atoms with Crippen molar-refractivity contribution in [2.45, 2.75) is 71.4 Å². The van der Waals surface area contributed by atoms with Gasteiger partial charge in [-0.2, -0.15) is 0 Å². The van der Waals surface area contributed by atoms with Crippen molar-refractivity contribution in [3.05, 3.63) is 39.7 Å². The first-order chi connectivity index (χ1) is 16.2. The Balaban J connectivity index is 1.65. The van der Waals surface area contributed by atoms with E-state index in [0.717, 1.165) is 42.2 Å². The van der Waals surface area contributed by atoms with E-state index in [-0.39, 0.29) is 18.2 Å². The van der Waals surface area contributed by atoms with Gasteiger partial charge >= 0.3 is 11.6 Å². The SMILES string of the molecule is CCC[C@@H](NC(=O)[C@@H](NC(=O)COc1ccc2c3c(c(=O)oc2c1)CCCC3)C(C)C)C(=O)O. The standard InChI is InChI=1S/C25H32N2O7/c1-4-7-19(24(30)31)26-23(29)22(14(2)3)27-21(28)13-33-15-10-11-17-16-8-5-6-9-18(16)25(32)34-20(17)12-15/h10-12,14,19,22H,4-9,13H2,1-3H3,(H,26,29)(H,27,28)(H,30,31)/t19-,22+/m1/s1. The molecule has 1 aliphatic carbocycles. The third-order valence-electron chi connectivity index (χ3n) is 6.02. The summed E-state index contributed by atoms with van der Waals surface area (Å²) >= 11 is 0. The molecule has 0 saturated heterocycles. The number of rotatable bonds is 10. The second-order valence-corrected chi connectivity index (χ2v) is 8.98. The van der Waals surface area contributed by atoms with Gasteiger partial charge in [0.1, 0.15) is 23.4 Å². The first-order valence-electron chi connectivity index (χ1n) is 11.7. The summed E-state index contributed by atoms with van der Waals surface area (Å²) in [5.41, 5.74) is 1.86. The van der Waals surface area contributed by atoms with Crippen LogP contribution in [0.1, 0.15) is 57.6 Å². The van der Waals surface area contributed by atoms with Gasteiger partial charge in [0.2, 0.25) is 5.91 Å². The van der Waals surface area contributed by atoms with Crippen molar-refractivity contribution in [1.29, 1.82) is 0 Å². The van der Waals surface area contributed by atoms with E-state index in [1.54, 1.807) is 26.0 Å². The van der Waals surface area contributed by atoms with Crippen molar-refractivity contribution in [2.75, 3.05) is 6.61 Å². The summed E-state index contributed by atoms with van der Waals surface area (Å²) < 4.78 is 11.1. The summed E-state index contributed by atoms with van der Waals surface area (Å²) in [6.07, 6.45) is 4.45. The molecule has 2 aromatic rings. The van der Waals surface area contributed by atoms with E-state index < -0.39 is 29.9 Å². The molecule has 0 bridgehead atoms. The fourth-order valence-electron chi connectivity index (χ4n) is 4.22. The second kappa shape index (κ2) is 11.2. The molecule has 3 rings (SSSR count). The molecular weight excluding hydrogens is 440 g/mol. The van der Waals surface area contributed by atoms with Crippen LogP contribution in [0.15, 0.2) is 27.4 Å². The first-order valence-corrected chi connectivity index (χ1v) is 11.7. The molecule has 0 aliphatic heterocycles. The van der Waals surface area contributed by atoms with Crippen molar-refractivity contribution in [2.24, 2.45) is 5.92 Å². The van der Waals surface area contributed by atoms with Gasteiger partial charge in [-0.25, -0.2) is 9.59 Å². The van der Waals surface area contributed by atoms with Gasteiger partial charge in [-0.1, -0.05) is 27.2 Å². The summed E-state index contributed by atoms with van der Waals surface area (Å²) in [4.78, 5) is 48.8. The van der Waals surface area contributed by atoms with Crippen LogP contribution in [0.2, 0.25) is 0 Å². The third kappa shape index (κ3) is 5.95. The Morgan fingerprint density at radius 2 is 1.82 bits per heavy atom. The quantitative estimate of drug-likeness (QED) is 0.452. The van der Waals surface area contributed by atoms with Crippen molar-refractivity contribution in [1.82, 2.24) is 10.6 Å². The molecule has 1 aliphatic rings. The number of hydrogen-bond acceptors (Lipinski definition) is 6. The number of nitrogens with one attached hydrogen (secondary N) is 2. The molecule has 3 N–H and O–H groups in total. The normalized spacial score (nSPS) is 14.8. The van der Waals surface area contributed by atoms with E-state index in [1.807, 2.05) is 13.0 Å². The molecular formula is C25H32N2O7. The van der Waals surface area contributed by atoms with E-state index in [4.69, 9.17) is 9.15 Å². The highest BCUT2D eigenvalue weighted by Gasteiger charge is 2.28. The number of hydrogen-bond donors (Lipinski definition) is 3. The van der Waals surface area contributed by atoms with Crippen LogP contribution in [0.5, 0.6) is 5.75 Å². The molecule has 0 unspecified atom stereocenters. The number of amides is 2. The van der Waals surface area contributed by atoms with Crippen LogP contribution in [-0.2, 0) is 27.2 Å². The zero-order chi connectivity index (χ0) is 24.8. The predicted octanol–water partition coefficient (Wildman–Crippen LogP) is 2.56. The topological polar surface area (TPSA) is 135 Å². The molecule has 9 heteroatoms. The van der Waals surface area contributed by atoms with Crippen molar-refractivity contribution < 1.29 is 28.6 Å². The Kier molecular flexibility index (Phi) is 8.31. The fourth-order valence-corrected chi connectivity index (χ4v) is 4.22. The highest BCUT2D eigenvalue weighted by atomic mass is 16.5. The average molecular weight is 473 g/mol. The molecule has 2 atom stereocenters. The maximum absolute atomic E-state index is 12.6. The molecule has 0 fully saturated rings. The summed E-state index contributed by atoms with van der Waals surface area (Å²) in [7, 11) is 0. The fraction of sp³-hybridized carbons (Fsp3) is 0.520. The van der Waals surface area contributed by atoms with Crippen LogP contribution in [0.3, 0.4) is 0 Å². The largest absolute Gasteiger partial charge is 0.484 e. The van der Waals surface area contributed by atoms with E-state index >= 15 is 0 Å². The average Bonchev–Trinajstić information content (AvgIpc) is 2.80.